The number of carbonyl (C=O) groups is 1. The first-order chi connectivity index (χ1) is 15.4. The van der Waals surface area contributed by atoms with E-state index in [1.807, 2.05) is 0 Å². The van der Waals surface area contributed by atoms with E-state index in [4.69, 9.17) is 26.8 Å². The van der Waals surface area contributed by atoms with E-state index in [2.05, 4.69) is 6.07 Å². The number of nitrogens with two attached hydrogens (primary N) is 1. The molecule has 0 aromatic heterocycles. The van der Waals surface area contributed by atoms with Gasteiger partial charge in [0.2, 0.25) is 5.88 Å². The van der Waals surface area contributed by atoms with Crippen LogP contribution in [0.2, 0.25) is 5.02 Å². The van der Waals surface area contributed by atoms with Gasteiger partial charge in [0, 0.05) is 28.8 Å². The second kappa shape index (κ2) is 8.41. The number of fused-ring (bicyclic) bond motifs is 1. The number of carbonyl (C=O) groups excluding carboxylic acids is 1. The lowest BCUT2D eigenvalue weighted by Crippen LogP contribution is -2.21. The summed E-state index contributed by atoms with van der Waals surface area (Å²) >= 11 is 5.98. The molecule has 0 saturated carbocycles. The zero-order chi connectivity index (χ0) is 22.8. The molecule has 0 fully saturated rings. The Labute approximate surface area is 187 Å². The van der Waals surface area contributed by atoms with Gasteiger partial charge in [-0.2, -0.15) is 5.26 Å². The summed E-state index contributed by atoms with van der Waals surface area (Å²) in [5, 5.41) is 21.1. The second-order valence-electron chi connectivity index (χ2n) is 6.87. The van der Waals surface area contributed by atoms with Crippen LogP contribution in [0.4, 0.5) is 5.69 Å². The highest BCUT2D eigenvalue weighted by atomic mass is 35.5. The van der Waals surface area contributed by atoms with Gasteiger partial charge >= 0.3 is 5.97 Å². The SMILES string of the molecule is N#CC1=C(N)Oc2cc(OC(=O)c3cccc([N+](=O)[O-])c3)ccc2C1c1ccc(Cl)cc1. The monoisotopic (exact) mass is 447 g/mol. The molecule has 1 heterocycles. The molecule has 3 aromatic rings. The van der Waals surface area contributed by atoms with E-state index < -0.39 is 16.8 Å². The minimum atomic E-state index is -0.764. The molecule has 8 nitrogen and oxygen atoms in total. The van der Waals surface area contributed by atoms with Crippen LogP contribution >= 0.6 is 11.6 Å². The lowest BCUT2D eigenvalue weighted by atomic mass is 9.83. The first-order valence-electron chi connectivity index (χ1n) is 9.31. The van der Waals surface area contributed by atoms with Gasteiger partial charge in [0.05, 0.1) is 16.4 Å². The maximum absolute atomic E-state index is 12.5. The summed E-state index contributed by atoms with van der Waals surface area (Å²) in [5.74, 6) is -0.821. The standard InChI is InChI=1S/C23H14ClN3O5/c24-15-6-4-13(5-7-15)21-18-9-8-17(11-20(18)32-22(26)19(21)12-25)31-23(28)14-2-1-3-16(10-14)27(29)30/h1-11,21H,26H2. The van der Waals surface area contributed by atoms with Crippen molar-refractivity contribution in [2.45, 2.75) is 5.92 Å². The molecular formula is C23H14ClN3O5. The maximum atomic E-state index is 12.5. The Morgan fingerprint density at radius 2 is 1.91 bits per heavy atom. The number of nitro groups is 1. The average Bonchev–Trinajstić information content (AvgIpc) is 2.78. The number of ether oxygens (including phenoxy) is 2. The molecule has 1 unspecified atom stereocenters. The molecule has 1 aliphatic heterocycles. The van der Waals surface area contributed by atoms with Crippen LogP contribution < -0.4 is 15.2 Å². The summed E-state index contributed by atoms with van der Waals surface area (Å²) in [7, 11) is 0. The van der Waals surface area contributed by atoms with Gasteiger partial charge in [0.15, 0.2) is 0 Å². The Morgan fingerprint density at radius 1 is 1.16 bits per heavy atom. The number of rotatable bonds is 4. The highest BCUT2D eigenvalue weighted by molar-refractivity contribution is 6.30. The number of nitriles is 1. The Bertz CT molecular complexity index is 1310. The average molecular weight is 448 g/mol. The molecule has 32 heavy (non-hydrogen) atoms. The first kappa shape index (κ1) is 20.9. The Kier molecular flexibility index (Phi) is 5.50. The van der Waals surface area contributed by atoms with Crippen LogP contribution in [0.5, 0.6) is 11.5 Å². The highest BCUT2D eigenvalue weighted by Gasteiger charge is 2.31. The van der Waals surface area contributed by atoms with Gasteiger partial charge in [-0.25, -0.2) is 4.79 Å². The van der Waals surface area contributed by atoms with E-state index in [1.165, 1.54) is 24.3 Å². The third-order valence-electron chi connectivity index (χ3n) is 4.90. The number of nitro benzene ring substituents is 1. The van der Waals surface area contributed by atoms with Crippen molar-refractivity contribution < 1.29 is 19.2 Å². The first-order valence-corrected chi connectivity index (χ1v) is 9.69. The third kappa shape index (κ3) is 3.97. The number of hydrogen-bond acceptors (Lipinski definition) is 7. The van der Waals surface area contributed by atoms with E-state index >= 15 is 0 Å². The van der Waals surface area contributed by atoms with Crippen molar-refractivity contribution in [3.63, 3.8) is 0 Å². The predicted octanol–water partition coefficient (Wildman–Crippen LogP) is 4.69. The second-order valence-corrected chi connectivity index (χ2v) is 7.31. The van der Waals surface area contributed by atoms with E-state index in [0.717, 1.165) is 11.6 Å². The van der Waals surface area contributed by atoms with Gasteiger partial charge in [-0.05, 0) is 29.8 Å². The molecule has 2 N–H and O–H groups in total. The molecule has 9 heteroatoms. The van der Waals surface area contributed by atoms with E-state index in [0.29, 0.717) is 16.3 Å². The number of benzene rings is 3. The van der Waals surface area contributed by atoms with Gasteiger partial charge in [0.1, 0.15) is 23.1 Å². The number of halogens is 1. The van der Waals surface area contributed by atoms with Gasteiger partial charge < -0.3 is 15.2 Å². The minimum Gasteiger partial charge on any atom is -0.440 e. The molecule has 3 aromatic carbocycles. The predicted molar refractivity (Wildman–Crippen MR) is 115 cm³/mol. The maximum Gasteiger partial charge on any atom is 0.343 e. The third-order valence-corrected chi connectivity index (χ3v) is 5.15. The number of allylic oxidation sites excluding steroid dienone is 1. The van der Waals surface area contributed by atoms with Crippen molar-refractivity contribution in [3.05, 3.63) is 110 Å². The minimum absolute atomic E-state index is 0.0306. The molecule has 1 aliphatic rings. The number of nitrogens with zero attached hydrogens (tertiary/aromatic N) is 2. The summed E-state index contributed by atoms with van der Waals surface area (Å²) in [5.41, 5.74) is 7.50. The van der Waals surface area contributed by atoms with Crippen LogP contribution in [0.1, 0.15) is 27.4 Å². The van der Waals surface area contributed by atoms with Gasteiger partial charge in [-0.1, -0.05) is 35.9 Å². The summed E-state index contributed by atoms with van der Waals surface area (Å²) in [4.78, 5) is 22.8. The Balaban J connectivity index is 1.67. The molecule has 0 saturated heterocycles. The number of esters is 1. The molecule has 158 valence electrons. The van der Waals surface area contributed by atoms with Gasteiger partial charge in [-0.3, -0.25) is 10.1 Å². The van der Waals surface area contributed by atoms with Crippen molar-refractivity contribution in [3.8, 4) is 17.6 Å². The topological polar surface area (TPSA) is 128 Å². The van der Waals surface area contributed by atoms with Crippen molar-refractivity contribution >= 4 is 23.3 Å². The van der Waals surface area contributed by atoms with Crippen molar-refractivity contribution in [2.24, 2.45) is 5.73 Å². The zero-order valence-electron chi connectivity index (χ0n) is 16.3. The zero-order valence-corrected chi connectivity index (χ0v) is 17.1. The van der Waals surface area contributed by atoms with E-state index in [-0.39, 0.29) is 28.5 Å². The van der Waals surface area contributed by atoms with Crippen LogP contribution in [0.25, 0.3) is 0 Å². The summed E-state index contributed by atoms with van der Waals surface area (Å²) in [6.07, 6.45) is 0. The van der Waals surface area contributed by atoms with Crippen LogP contribution in [-0.4, -0.2) is 10.9 Å². The molecule has 0 amide bonds. The van der Waals surface area contributed by atoms with E-state index in [9.17, 15) is 20.2 Å². The Hall–Kier alpha value is -4.35. The van der Waals surface area contributed by atoms with Crippen LogP contribution in [0.15, 0.2) is 78.2 Å². The lowest BCUT2D eigenvalue weighted by molar-refractivity contribution is -0.384. The lowest BCUT2D eigenvalue weighted by Gasteiger charge is -2.26. The van der Waals surface area contributed by atoms with Crippen LogP contribution in [0.3, 0.4) is 0 Å². The summed E-state index contributed by atoms with van der Waals surface area (Å²) in [6.45, 7) is 0. The summed E-state index contributed by atoms with van der Waals surface area (Å²) < 4.78 is 11.0. The molecular weight excluding hydrogens is 434 g/mol. The Morgan fingerprint density at radius 3 is 2.59 bits per heavy atom. The van der Waals surface area contributed by atoms with Gasteiger partial charge in [-0.15, -0.1) is 0 Å². The van der Waals surface area contributed by atoms with Gasteiger partial charge in [0.25, 0.3) is 5.69 Å². The van der Waals surface area contributed by atoms with Crippen molar-refractivity contribution in [2.75, 3.05) is 0 Å². The van der Waals surface area contributed by atoms with Crippen molar-refractivity contribution in [1.82, 2.24) is 0 Å². The van der Waals surface area contributed by atoms with E-state index in [1.54, 1.807) is 36.4 Å². The molecule has 0 aliphatic carbocycles. The largest absolute Gasteiger partial charge is 0.440 e. The fourth-order valence-corrected chi connectivity index (χ4v) is 3.54. The quantitative estimate of drug-likeness (QED) is 0.266. The molecule has 0 bridgehead atoms. The van der Waals surface area contributed by atoms with Crippen LogP contribution in [0, 0.1) is 21.4 Å². The van der Waals surface area contributed by atoms with Crippen molar-refractivity contribution in [1.29, 1.82) is 5.26 Å². The molecule has 0 radical (unpaired) electrons. The van der Waals surface area contributed by atoms with Crippen LogP contribution in [-0.2, 0) is 0 Å². The fraction of sp³-hybridized carbons (Fsp3) is 0.0435. The number of non-ortho nitro benzene ring substituents is 1. The summed E-state index contributed by atoms with van der Waals surface area (Å²) in [6, 6.07) is 19.1. The normalized spacial score (nSPS) is 14.7. The molecule has 0 spiro atoms. The number of hydrogen-bond donors (Lipinski definition) is 1. The smallest absolute Gasteiger partial charge is 0.343 e. The molecule has 1 atom stereocenters. The molecule has 4 rings (SSSR count). The fourth-order valence-electron chi connectivity index (χ4n) is 3.41. The highest BCUT2D eigenvalue weighted by Crippen LogP contribution is 2.43.